The van der Waals surface area contributed by atoms with Crippen LogP contribution < -0.4 is 24.5 Å². The molecule has 0 bridgehead atoms. The van der Waals surface area contributed by atoms with Gasteiger partial charge < -0.3 is 53.4 Å². The van der Waals surface area contributed by atoms with Crippen molar-refractivity contribution >= 4 is 125 Å². The van der Waals surface area contributed by atoms with E-state index in [1.54, 1.807) is 58.4 Å². The minimum Gasteiger partial charge on any atom is -0.395 e. The van der Waals surface area contributed by atoms with E-state index in [0.717, 1.165) is 113 Å². The first-order valence-electron chi connectivity index (χ1n) is 45.0. The fourth-order valence-electron chi connectivity index (χ4n) is 18.8. The van der Waals surface area contributed by atoms with Crippen molar-refractivity contribution in [3.8, 4) is 0 Å². The number of pyridine rings is 3. The molecular formula is C95H105Cl5F10N16O7P2. The zero-order valence-corrected chi connectivity index (χ0v) is 80.9. The molecule has 17 rings (SSSR count). The molecular weight excluding hydrogens is 1910 g/mol. The number of Topliss-reactive ketones (excluding diaryl/α,β-unsaturated/α-hetero) is 1. The SMILES string of the molecule is CP1(=O)CCC(C(=O)c2cnc3c(n2)N(Cc2c(F)ccc(Cl)c2Cl)CCC3)CC1.Cc1c(C(=O)N2CCN(CCO)CC2)cnc2c1N(Cc1cc(Cl)ccc1C(F)(F)F)CCC2.Cc1c(C(=O)N2CCN(c3ncccn3)CC2)cnc2c1N(Cc1cc(Cl)ccc1C(F)(F)F)CCC2.Cc1c(C(=O)N2CCP(C)(=O)CC2)cnc2c1N(Cc1cc(Cl)ccc1C(F)(F)F)CCCC2. The monoisotopic (exact) mass is 2010 g/mol. The van der Waals surface area contributed by atoms with Gasteiger partial charge in [0.15, 0.2) is 11.6 Å². The quantitative estimate of drug-likeness (QED) is 0.0409. The molecule has 135 heavy (non-hydrogen) atoms. The molecule has 4 fully saturated rings. The van der Waals surface area contributed by atoms with Gasteiger partial charge in [0.1, 0.15) is 11.5 Å². The van der Waals surface area contributed by atoms with E-state index in [2.05, 4.69) is 39.8 Å². The minimum atomic E-state index is -4.49. The number of carbonyl (C=O) groups is 4. The Morgan fingerprint density at radius 3 is 1.28 bits per heavy atom. The number of carbonyl (C=O) groups excluding carboxylic acids is 4. The lowest BCUT2D eigenvalue weighted by molar-refractivity contribution is -0.139. The summed E-state index contributed by atoms with van der Waals surface area (Å²) in [4.78, 5) is 101. The van der Waals surface area contributed by atoms with Gasteiger partial charge in [-0.05, 0) is 211 Å². The van der Waals surface area contributed by atoms with E-state index in [1.807, 2.05) is 51.9 Å². The summed E-state index contributed by atoms with van der Waals surface area (Å²) in [6, 6.07) is 15.4. The Balaban J connectivity index is 0.000000145. The van der Waals surface area contributed by atoms with E-state index in [4.69, 9.17) is 63.1 Å². The molecule has 4 aromatic carbocycles. The summed E-state index contributed by atoms with van der Waals surface area (Å²) >= 11 is 30.5. The lowest BCUT2D eigenvalue weighted by Gasteiger charge is -2.36. The molecule has 0 spiro atoms. The number of benzene rings is 4. The molecule has 23 nitrogen and oxygen atoms in total. The Morgan fingerprint density at radius 2 is 0.844 bits per heavy atom. The minimum absolute atomic E-state index is 0.0191. The number of anilines is 5. The number of halogens is 15. The summed E-state index contributed by atoms with van der Waals surface area (Å²) in [6.45, 7) is 18.0. The van der Waals surface area contributed by atoms with E-state index in [0.29, 0.717) is 200 Å². The Labute approximate surface area is 802 Å². The van der Waals surface area contributed by atoms with E-state index < -0.39 is 55.3 Å². The van der Waals surface area contributed by atoms with Gasteiger partial charge in [0, 0.05) is 207 Å². The topological polar surface area (TPSA) is 242 Å². The van der Waals surface area contributed by atoms with Crippen molar-refractivity contribution in [2.75, 3.05) is 167 Å². The molecule has 0 saturated carbocycles. The van der Waals surface area contributed by atoms with Crippen molar-refractivity contribution in [3.63, 3.8) is 0 Å². The number of nitrogens with zero attached hydrogens (tertiary/aromatic N) is 16. The van der Waals surface area contributed by atoms with Crippen LogP contribution in [0.3, 0.4) is 0 Å². The molecule has 9 aromatic rings. The number of alkyl halides is 9. The molecule has 8 aliphatic heterocycles. The fraction of sp³-hybridized carbons (Fsp3) is 0.463. The van der Waals surface area contributed by atoms with Gasteiger partial charge in [-0.1, -0.05) is 58.0 Å². The number of rotatable bonds is 16. The van der Waals surface area contributed by atoms with Gasteiger partial charge in [0.05, 0.1) is 110 Å². The number of ketones is 1. The highest BCUT2D eigenvalue weighted by Crippen LogP contribution is 2.50. The number of hydrogen-bond donors (Lipinski definition) is 1. The Morgan fingerprint density at radius 1 is 0.452 bits per heavy atom. The van der Waals surface area contributed by atoms with Crippen LogP contribution in [0.1, 0.15) is 165 Å². The Bertz CT molecular complexity index is 5960. The smallest absolute Gasteiger partial charge is 0.395 e. The molecule has 0 unspecified atom stereocenters. The van der Waals surface area contributed by atoms with Crippen molar-refractivity contribution in [2.24, 2.45) is 5.92 Å². The Kier molecular flexibility index (Phi) is 32.7. The third kappa shape index (κ3) is 24.5. The van der Waals surface area contributed by atoms with Gasteiger partial charge in [0.25, 0.3) is 17.7 Å². The summed E-state index contributed by atoms with van der Waals surface area (Å²) in [6.07, 6.45) is 6.59. The largest absolute Gasteiger partial charge is 0.416 e. The van der Waals surface area contributed by atoms with Crippen molar-refractivity contribution in [1.29, 1.82) is 0 Å². The molecule has 0 atom stereocenters. The highest BCUT2D eigenvalue weighted by atomic mass is 35.5. The van der Waals surface area contributed by atoms with Gasteiger partial charge in [0.2, 0.25) is 5.95 Å². The second kappa shape index (κ2) is 43.4. The number of hydrogen-bond acceptors (Lipinski definition) is 20. The zero-order chi connectivity index (χ0) is 96.8. The number of aliphatic hydroxyl groups is 1. The first-order valence-corrected chi connectivity index (χ1v) is 51.9. The maximum absolute atomic E-state index is 14.4. The number of aryl methyl sites for hydroxylation is 4. The maximum atomic E-state index is 14.4. The van der Waals surface area contributed by atoms with E-state index in [1.165, 1.54) is 54.7 Å². The van der Waals surface area contributed by atoms with E-state index in [-0.39, 0.29) is 99.0 Å². The second-order valence-electron chi connectivity index (χ2n) is 35.6. The number of β-amino-alcohol motifs (C(OH)–C–C–N with tert-alkyl or cyclic N) is 1. The maximum Gasteiger partial charge on any atom is 0.416 e. The van der Waals surface area contributed by atoms with E-state index >= 15 is 0 Å². The van der Waals surface area contributed by atoms with Crippen LogP contribution in [0.15, 0.2) is 110 Å². The molecule has 13 heterocycles. The third-order valence-corrected chi connectivity index (χ3v) is 32.4. The molecule has 3 amide bonds. The number of piperazine rings is 2. The molecule has 5 aromatic heterocycles. The lowest BCUT2D eigenvalue weighted by atomic mass is 9.95. The summed E-state index contributed by atoms with van der Waals surface area (Å²) < 4.78 is 162. The van der Waals surface area contributed by atoms with Crippen LogP contribution in [-0.4, -0.2) is 226 Å². The lowest BCUT2D eigenvalue weighted by Crippen LogP contribution is -2.49. The predicted octanol–water partition coefficient (Wildman–Crippen LogP) is 19.8. The van der Waals surface area contributed by atoms with Gasteiger partial charge in [-0.3, -0.25) is 44.0 Å². The molecule has 0 aliphatic carbocycles. The van der Waals surface area contributed by atoms with Crippen molar-refractivity contribution in [1.82, 2.24) is 54.5 Å². The molecule has 0 radical (unpaired) electrons. The fourth-order valence-corrected chi connectivity index (χ4v) is 23.3. The standard InChI is InChI=1S/C26H26ClF3N6O.C24H28ClF3N4O2.C24H28ClF3N3O2P.C21H23Cl2FN3O2P/c1-17-20(24(37)34-10-12-35(13-11-34)25-31-7-3-8-32-25)15-33-22-4-2-9-36(23(17)22)16-18-14-19(27)5-6-21(18)26(28,29)30;1-16-19(23(34)31-9-7-30(8-10-31)11-12-33)14-29-21-3-2-6-32(22(16)21)15-17-13-18(25)4-5-20(17)24(26,27)28;1-16-19(23(32)30-9-11-34(2,33)12-10-30)14-29-21-5-3-4-8-31(22(16)21)15-17-13-18(25)6-7-20(17)24(26,27)28;1-30(29)9-6-13(7-10-30)20(28)18-11-25-17-3-2-8-27(21(17)26-18)12-14-16(24)5-4-15(22)19(14)23/h3,5-8,14-15H,2,4,9-13,16H2,1H3;4-5,13-14,33H,2-3,6-12,15H2,1H3;6-7,13-14H,3-5,8-12,15H2,1-2H3;4-5,11,13H,2-3,6-10,12H2,1H3. The zero-order valence-electron chi connectivity index (χ0n) is 75.3. The molecule has 4 saturated heterocycles. The summed E-state index contributed by atoms with van der Waals surface area (Å²) in [7, 11) is -4.28. The average molecular weight is 2010 g/mol. The first-order chi connectivity index (χ1) is 64.1. The second-order valence-corrected chi connectivity index (χ2v) is 44.7. The predicted molar refractivity (Wildman–Crippen MR) is 506 cm³/mol. The van der Waals surface area contributed by atoms with E-state index in [9.17, 15) is 72.2 Å². The highest BCUT2D eigenvalue weighted by molar-refractivity contribution is 7.63. The van der Waals surface area contributed by atoms with Gasteiger partial charge in [-0.15, -0.1) is 0 Å². The molecule has 1 N–H and O–H groups in total. The van der Waals surface area contributed by atoms with Crippen LogP contribution in [0.4, 0.5) is 72.7 Å². The normalized spacial score (nSPS) is 18.7. The van der Waals surface area contributed by atoms with Crippen molar-refractivity contribution in [2.45, 2.75) is 136 Å². The third-order valence-electron chi connectivity index (χ3n) is 26.2. The Hall–Kier alpha value is -9.30. The number of amides is 3. The number of fused-ring (bicyclic) bond motifs is 4. The summed E-state index contributed by atoms with van der Waals surface area (Å²) in [5.41, 5.74) is 7.76. The number of aliphatic hydroxyl groups excluding tert-OH is 1. The summed E-state index contributed by atoms with van der Waals surface area (Å²) in [5.74, 6) is 0.152. The van der Waals surface area contributed by atoms with Crippen LogP contribution in [-0.2, 0) is 79.5 Å². The van der Waals surface area contributed by atoms with Crippen molar-refractivity contribution < 1.29 is 77.3 Å². The summed E-state index contributed by atoms with van der Waals surface area (Å²) in [5, 5.41) is 10.4. The van der Waals surface area contributed by atoms with Crippen LogP contribution in [0.5, 0.6) is 0 Å². The van der Waals surface area contributed by atoms with Crippen molar-refractivity contribution in [3.05, 3.63) is 242 Å². The first kappa shape index (κ1) is 102. The average Bonchev–Trinajstić information content (AvgIpc) is 1.24. The van der Waals surface area contributed by atoms with Gasteiger partial charge in [-0.2, -0.15) is 39.5 Å². The number of aromatic nitrogens is 7. The molecule has 40 heteroatoms. The van der Waals surface area contributed by atoms with Crippen LogP contribution >= 0.6 is 72.3 Å². The van der Waals surface area contributed by atoms with Crippen LogP contribution in [0.25, 0.3) is 0 Å². The van der Waals surface area contributed by atoms with Crippen LogP contribution in [0, 0.1) is 32.5 Å². The van der Waals surface area contributed by atoms with Gasteiger partial charge >= 0.3 is 18.5 Å². The highest BCUT2D eigenvalue weighted by Gasteiger charge is 2.41. The van der Waals surface area contributed by atoms with Gasteiger partial charge in [-0.25, -0.2) is 19.3 Å². The molecule has 722 valence electrons. The van der Waals surface area contributed by atoms with Crippen LogP contribution in [0.2, 0.25) is 25.1 Å². The molecule has 8 aliphatic rings.